The maximum atomic E-state index is 12.1. The second kappa shape index (κ2) is 8.43. The molecular formula is C18H25ClN2O4. The Bertz CT molecular complexity index is 598. The van der Waals surface area contributed by atoms with Crippen molar-refractivity contribution in [2.75, 3.05) is 19.7 Å². The van der Waals surface area contributed by atoms with Crippen LogP contribution >= 0.6 is 11.6 Å². The van der Waals surface area contributed by atoms with Crippen LogP contribution < -0.4 is 5.32 Å². The van der Waals surface area contributed by atoms with E-state index in [4.69, 9.17) is 21.1 Å². The summed E-state index contributed by atoms with van der Waals surface area (Å²) in [6.07, 6.45) is 0.500. The highest BCUT2D eigenvalue weighted by Crippen LogP contribution is 2.14. The Hall–Kier alpha value is -1.95. The average Bonchev–Trinajstić information content (AvgIpc) is 2.95. The van der Waals surface area contributed by atoms with Gasteiger partial charge in [0.1, 0.15) is 5.60 Å². The summed E-state index contributed by atoms with van der Waals surface area (Å²) in [6.45, 7) is 6.73. The lowest BCUT2D eigenvalue weighted by atomic mass is 10.2. The largest absolute Gasteiger partial charge is 0.449 e. The van der Waals surface area contributed by atoms with E-state index in [0.717, 1.165) is 5.56 Å². The first-order valence-electron chi connectivity index (χ1n) is 8.38. The van der Waals surface area contributed by atoms with Crippen LogP contribution in [0.25, 0.3) is 0 Å². The topological polar surface area (TPSA) is 67.9 Å². The molecule has 2 rings (SSSR count). The Morgan fingerprint density at radius 2 is 1.96 bits per heavy atom. The van der Waals surface area contributed by atoms with Crippen molar-refractivity contribution < 1.29 is 19.1 Å². The number of carbonyl (C=O) groups is 2. The molecule has 0 spiro atoms. The molecule has 1 atom stereocenters. The summed E-state index contributed by atoms with van der Waals surface area (Å²) in [5, 5.41) is 3.47. The van der Waals surface area contributed by atoms with Crippen LogP contribution in [0.1, 0.15) is 32.8 Å². The molecule has 1 unspecified atom stereocenters. The van der Waals surface area contributed by atoms with Gasteiger partial charge in [-0.25, -0.2) is 9.59 Å². The van der Waals surface area contributed by atoms with Crippen LogP contribution in [-0.4, -0.2) is 48.4 Å². The molecule has 2 amide bonds. The number of nitrogens with zero attached hydrogens (tertiary/aromatic N) is 1. The predicted octanol–water partition coefficient (Wildman–Crippen LogP) is 3.62. The van der Waals surface area contributed by atoms with Gasteiger partial charge in [-0.3, -0.25) is 0 Å². The summed E-state index contributed by atoms with van der Waals surface area (Å²) >= 11 is 5.84. The van der Waals surface area contributed by atoms with E-state index in [0.29, 0.717) is 37.6 Å². The molecule has 7 heteroatoms. The third kappa shape index (κ3) is 6.82. The standard InChI is InChI=1S/C18H25ClN2O4/c1-18(2,3)25-16(22)20-15-8-10-21(12-15)17(23)24-11-9-13-4-6-14(19)7-5-13/h4-7,15H,8-12H2,1-3H3,(H,20,22). The molecule has 0 aromatic heterocycles. The molecule has 138 valence electrons. The number of amides is 2. The lowest BCUT2D eigenvalue weighted by molar-refractivity contribution is 0.0503. The summed E-state index contributed by atoms with van der Waals surface area (Å²) in [6, 6.07) is 7.33. The number of hydrogen-bond donors (Lipinski definition) is 1. The molecule has 6 nitrogen and oxygen atoms in total. The lowest BCUT2D eigenvalue weighted by Gasteiger charge is -2.22. The van der Waals surface area contributed by atoms with Gasteiger partial charge in [-0.05, 0) is 44.9 Å². The Morgan fingerprint density at radius 3 is 2.60 bits per heavy atom. The van der Waals surface area contributed by atoms with Gasteiger partial charge >= 0.3 is 12.2 Å². The molecule has 1 saturated heterocycles. The van der Waals surface area contributed by atoms with Crippen molar-refractivity contribution in [3.63, 3.8) is 0 Å². The highest BCUT2D eigenvalue weighted by atomic mass is 35.5. The second-order valence-corrected chi connectivity index (χ2v) is 7.51. The summed E-state index contributed by atoms with van der Waals surface area (Å²) in [7, 11) is 0. The van der Waals surface area contributed by atoms with E-state index in [-0.39, 0.29) is 12.1 Å². The molecule has 25 heavy (non-hydrogen) atoms. The van der Waals surface area contributed by atoms with Gasteiger partial charge in [-0.15, -0.1) is 0 Å². The highest BCUT2D eigenvalue weighted by molar-refractivity contribution is 6.30. The molecule has 1 heterocycles. The summed E-state index contributed by atoms with van der Waals surface area (Å²) < 4.78 is 10.5. The fraction of sp³-hybridized carbons (Fsp3) is 0.556. The molecule has 0 bridgehead atoms. The zero-order chi connectivity index (χ0) is 18.4. The third-order valence-corrected chi connectivity index (χ3v) is 3.95. The van der Waals surface area contributed by atoms with Gasteiger partial charge < -0.3 is 19.7 Å². The normalized spacial score (nSPS) is 17.3. The van der Waals surface area contributed by atoms with Crippen molar-refractivity contribution in [2.24, 2.45) is 0 Å². The van der Waals surface area contributed by atoms with Crippen LogP contribution in [0, 0.1) is 0 Å². The Balaban J connectivity index is 1.69. The quantitative estimate of drug-likeness (QED) is 0.881. The van der Waals surface area contributed by atoms with Crippen LogP contribution in [0.4, 0.5) is 9.59 Å². The molecule has 1 aliphatic heterocycles. The molecule has 1 aromatic carbocycles. The van der Waals surface area contributed by atoms with E-state index in [9.17, 15) is 9.59 Å². The SMILES string of the molecule is CC(C)(C)OC(=O)NC1CCN(C(=O)OCCc2ccc(Cl)cc2)C1. The second-order valence-electron chi connectivity index (χ2n) is 7.07. The monoisotopic (exact) mass is 368 g/mol. The average molecular weight is 369 g/mol. The lowest BCUT2D eigenvalue weighted by Crippen LogP contribution is -2.41. The van der Waals surface area contributed by atoms with Crippen molar-refractivity contribution in [3.05, 3.63) is 34.9 Å². The first-order valence-corrected chi connectivity index (χ1v) is 8.76. The van der Waals surface area contributed by atoms with E-state index >= 15 is 0 Å². The van der Waals surface area contributed by atoms with Gasteiger partial charge in [0.25, 0.3) is 0 Å². The van der Waals surface area contributed by atoms with Crippen molar-refractivity contribution in [3.8, 4) is 0 Å². The molecule has 1 aromatic rings. The van der Waals surface area contributed by atoms with Crippen molar-refractivity contribution in [2.45, 2.75) is 45.3 Å². The van der Waals surface area contributed by atoms with E-state index in [1.807, 2.05) is 45.0 Å². The third-order valence-electron chi connectivity index (χ3n) is 3.70. The Morgan fingerprint density at radius 1 is 1.28 bits per heavy atom. The number of carbonyl (C=O) groups excluding carboxylic acids is 2. The first-order chi connectivity index (χ1) is 11.7. The molecule has 0 aliphatic carbocycles. The molecular weight excluding hydrogens is 344 g/mol. The van der Waals surface area contributed by atoms with Crippen LogP contribution in [0.15, 0.2) is 24.3 Å². The van der Waals surface area contributed by atoms with Crippen molar-refractivity contribution >= 4 is 23.8 Å². The molecule has 1 aliphatic rings. The predicted molar refractivity (Wildman–Crippen MR) is 95.9 cm³/mol. The smallest absolute Gasteiger partial charge is 0.409 e. The number of nitrogens with one attached hydrogen (secondary N) is 1. The van der Waals surface area contributed by atoms with Gasteiger partial charge in [-0.2, -0.15) is 0 Å². The minimum atomic E-state index is -0.539. The van der Waals surface area contributed by atoms with E-state index in [1.54, 1.807) is 4.90 Å². The number of benzene rings is 1. The number of likely N-dealkylation sites (tertiary alicyclic amines) is 1. The van der Waals surface area contributed by atoms with E-state index < -0.39 is 11.7 Å². The zero-order valence-corrected chi connectivity index (χ0v) is 15.6. The van der Waals surface area contributed by atoms with Gasteiger partial charge in [-0.1, -0.05) is 23.7 Å². The fourth-order valence-corrected chi connectivity index (χ4v) is 2.64. The first kappa shape index (κ1) is 19.4. The van der Waals surface area contributed by atoms with Crippen LogP contribution in [0.5, 0.6) is 0 Å². The summed E-state index contributed by atoms with van der Waals surface area (Å²) in [4.78, 5) is 25.5. The summed E-state index contributed by atoms with van der Waals surface area (Å²) in [5.41, 5.74) is 0.520. The van der Waals surface area contributed by atoms with Gasteiger partial charge in [0, 0.05) is 24.5 Å². The van der Waals surface area contributed by atoms with Crippen LogP contribution in [0.3, 0.4) is 0 Å². The molecule has 0 radical (unpaired) electrons. The van der Waals surface area contributed by atoms with Crippen molar-refractivity contribution in [1.82, 2.24) is 10.2 Å². The van der Waals surface area contributed by atoms with Crippen molar-refractivity contribution in [1.29, 1.82) is 0 Å². The number of alkyl carbamates (subject to hydrolysis) is 1. The van der Waals surface area contributed by atoms with E-state index in [2.05, 4.69) is 5.32 Å². The number of rotatable bonds is 4. The molecule has 1 N–H and O–H groups in total. The van der Waals surface area contributed by atoms with Crippen LogP contribution in [-0.2, 0) is 15.9 Å². The van der Waals surface area contributed by atoms with Gasteiger partial charge in [0.15, 0.2) is 0 Å². The maximum absolute atomic E-state index is 12.1. The van der Waals surface area contributed by atoms with Gasteiger partial charge in [0.2, 0.25) is 0 Å². The van der Waals surface area contributed by atoms with Crippen LogP contribution in [0.2, 0.25) is 5.02 Å². The minimum absolute atomic E-state index is 0.112. The molecule has 1 fully saturated rings. The zero-order valence-electron chi connectivity index (χ0n) is 14.9. The summed E-state index contributed by atoms with van der Waals surface area (Å²) in [5.74, 6) is 0. The van der Waals surface area contributed by atoms with Gasteiger partial charge in [0.05, 0.1) is 12.6 Å². The number of ether oxygens (including phenoxy) is 2. The maximum Gasteiger partial charge on any atom is 0.409 e. The number of halogens is 1. The fourth-order valence-electron chi connectivity index (χ4n) is 2.52. The molecule has 0 saturated carbocycles. The Kier molecular flexibility index (Phi) is 6.53. The highest BCUT2D eigenvalue weighted by Gasteiger charge is 2.29. The van der Waals surface area contributed by atoms with E-state index in [1.165, 1.54) is 0 Å². The number of hydrogen-bond acceptors (Lipinski definition) is 4. The Labute approximate surface area is 153 Å². The minimum Gasteiger partial charge on any atom is -0.449 e.